The van der Waals surface area contributed by atoms with Gasteiger partial charge in [0.1, 0.15) is 5.82 Å². The molecule has 0 aliphatic heterocycles. The minimum absolute atomic E-state index is 0.253. The first kappa shape index (κ1) is 13.3. The molecule has 0 atom stereocenters. The van der Waals surface area contributed by atoms with Gasteiger partial charge in [-0.05, 0) is 35.9 Å². The summed E-state index contributed by atoms with van der Waals surface area (Å²) >= 11 is 0. The van der Waals surface area contributed by atoms with E-state index in [1.54, 1.807) is 30.6 Å². The predicted octanol–water partition coefficient (Wildman–Crippen LogP) is 3.01. The van der Waals surface area contributed by atoms with Crippen LogP contribution in [-0.2, 0) is 11.3 Å². The van der Waals surface area contributed by atoms with Crippen LogP contribution < -0.4 is 0 Å². The summed E-state index contributed by atoms with van der Waals surface area (Å²) in [5, 5.41) is 0. The minimum Gasteiger partial charge on any atom is -0.465 e. The number of imidazole rings is 1. The Bertz CT molecular complexity index is 794. The molecule has 3 aromatic rings. The van der Waals surface area contributed by atoms with E-state index < -0.39 is 0 Å². The van der Waals surface area contributed by atoms with E-state index >= 15 is 0 Å². The minimum atomic E-state index is -0.384. The maximum absolute atomic E-state index is 12.9. The number of rotatable bonds is 3. The fourth-order valence-corrected chi connectivity index (χ4v) is 2.22. The first-order chi connectivity index (χ1) is 10.2. The van der Waals surface area contributed by atoms with Crippen molar-refractivity contribution in [1.82, 2.24) is 9.55 Å². The van der Waals surface area contributed by atoms with Crippen LogP contribution >= 0.6 is 0 Å². The number of carbonyl (C=O) groups is 1. The molecule has 3 rings (SSSR count). The van der Waals surface area contributed by atoms with Crippen LogP contribution in [0.1, 0.15) is 15.9 Å². The summed E-state index contributed by atoms with van der Waals surface area (Å²) in [6, 6.07) is 11.6. The number of carbonyl (C=O) groups excluding carboxylic acids is 1. The smallest absolute Gasteiger partial charge is 0.337 e. The average Bonchev–Trinajstić information content (AvgIpc) is 2.91. The molecule has 0 aliphatic rings. The van der Waals surface area contributed by atoms with Gasteiger partial charge in [-0.15, -0.1) is 0 Å². The first-order valence-electron chi connectivity index (χ1n) is 6.45. The Kier molecular flexibility index (Phi) is 3.39. The van der Waals surface area contributed by atoms with Crippen molar-refractivity contribution in [3.05, 3.63) is 65.7 Å². The zero-order valence-corrected chi connectivity index (χ0v) is 11.4. The van der Waals surface area contributed by atoms with Gasteiger partial charge in [0.25, 0.3) is 0 Å². The van der Waals surface area contributed by atoms with Crippen LogP contribution in [0.3, 0.4) is 0 Å². The van der Waals surface area contributed by atoms with Crippen molar-refractivity contribution in [3.8, 4) is 0 Å². The van der Waals surface area contributed by atoms with E-state index in [0.29, 0.717) is 12.1 Å². The van der Waals surface area contributed by atoms with Gasteiger partial charge in [-0.2, -0.15) is 0 Å². The molecular weight excluding hydrogens is 271 g/mol. The highest BCUT2D eigenvalue weighted by molar-refractivity contribution is 5.93. The van der Waals surface area contributed by atoms with E-state index in [4.69, 9.17) is 0 Å². The van der Waals surface area contributed by atoms with Gasteiger partial charge in [-0.25, -0.2) is 14.2 Å². The van der Waals surface area contributed by atoms with Gasteiger partial charge < -0.3 is 9.30 Å². The second-order valence-electron chi connectivity index (χ2n) is 4.69. The van der Waals surface area contributed by atoms with Crippen molar-refractivity contribution in [1.29, 1.82) is 0 Å². The third-order valence-electron chi connectivity index (χ3n) is 3.31. The number of hydrogen-bond donors (Lipinski definition) is 0. The Morgan fingerprint density at radius 1 is 1.24 bits per heavy atom. The molecule has 0 spiro atoms. The number of methoxy groups -OCH3 is 1. The van der Waals surface area contributed by atoms with Gasteiger partial charge >= 0.3 is 5.97 Å². The van der Waals surface area contributed by atoms with Gasteiger partial charge in [-0.3, -0.25) is 0 Å². The summed E-state index contributed by atoms with van der Waals surface area (Å²) in [4.78, 5) is 15.8. The molecule has 0 N–H and O–H groups in total. The highest BCUT2D eigenvalue weighted by atomic mass is 19.1. The van der Waals surface area contributed by atoms with Crippen LogP contribution in [0.2, 0.25) is 0 Å². The number of benzene rings is 2. The quantitative estimate of drug-likeness (QED) is 0.694. The molecule has 0 saturated heterocycles. The number of nitrogens with zero attached hydrogens (tertiary/aromatic N) is 2. The van der Waals surface area contributed by atoms with Crippen molar-refractivity contribution in [2.24, 2.45) is 0 Å². The van der Waals surface area contributed by atoms with Crippen LogP contribution in [0.25, 0.3) is 11.0 Å². The Morgan fingerprint density at radius 2 is 2.00 bits per heavy atom. The van der Waals surface area contributed by atoms with Crippen molar-refractivity contribution in [3.63, 3.8) is 0 Å². The van der Waals surface area contributed by atoms with E-state index in [-0.39, 0.29) is 11.8 Å². The fourth-order valence-electron chi connectivity index (χ4n) is 2.22. The summed E-state index contributed by atoms with van der Waals surface area (Å²) in [6.07, 6.45) is 1.70. The van der Waals surface area contributed by atoms with Crippen molar-refractivity contribution < 1.29 is 13.9 Å². The lowest BCUT2D eigenvalue weighted by molar-refractivity contribution is 0.0601. The molecule has 1 aromatic heterocycles. The van der Waals surface area contributed by atoms with Crippen LogP contribution in [0, 0.1) is 5.82 Å². The Labute approximate surface area is 120 Å². The summed E-state index contributed by atoms with van der Waals surface area (Å²) < 4.78 is 19.5. The van der Waals surface area contributed by atoms with Crippen molar-refractivity contribution in [2.75, 3.05) is 7.11 Å². The second-order valence-corrected chi connectivity index (χ2v) is 4.69. The summed E-state index contributed by atoms with van der Waals surface area (Å²) in [5.41, 5.74) is 3.08. The molecule has 4 nitrogen and oxygen atoms in total. The molecule has 2 aromatic carbocycles. The van der Waals surface area contributed by atoms with Crippen molar-refractivity contribution in [2.45, 2.75) is 6.54 Å². The third-order valence-corrected chi connectivity index (χ3v) is 3.31. The predicted molar refractivity (Wildman–Crippen MR) is 76.6 cm³/mol. The Balaban J connectivity index is 1.93. The maximum atomic E-state index is 12.9. The SMILES string of the molecule is COC(=O)c1ccc2c(c1)ncn2Cc1ccc(F)cc1. The lowest BCUT2D eigenvalue weighted by Crippen LogP contribution is -2.01. The fraction of sp³-hybridized carbons (Fsp3) is 0.125. The summed E-state index contributed by atoms with van der Waals surface area (Å²) in [6.45, 7) is 0.592. The number of hydrogen-bond acceptors (Lipinski definition) is 3. The van der Waals surface area contributed by atoms with Gasteiger partial charge in [0.2, 0.25) is 0 Å². The first-order valence-corrected chi connectivity index (χ1v) is 6.45. The number of aromatic nitrogens is 2. The molecule has 21 heavy (non-hydrogen) atoms. The van der Waals surface area contributed by atoms with E-state index in [0.717, 1.165) is 16.6 Å². The summed E-state index contributed by atoms with van der Waals surface area (Å²) in [7, 11) is 1.35. The monoisotopic (exact) mass is 284 g/mol. The summed E-state index contributed by atoms with van der Waals surface area (Å²) in [5.74, 6) is -0.637. The maximum Gasteiger partial charge on any atom is 0.337 e. The van der Waals surface area contributed by atoms with Crippen LogP contribution in [0.4, 0.5) is 4.39 Å². The zero-order valence-electron chi connectivity index (χ0n) is 11.4. The number of esters is 1. The largest absolute Gasteiger partial charge is 0.465 e. The lowest BCUT2D eigenvalue weighted by Gasteiger charge is -2.05. The molecule has 0 bridgehead atoms. The second kappa shape index (κ2) is 5.36. The molecule has 106 valence electrons. The Hall–Kier alpha value is -2.69. The molecule has 0 radical (unpaired) electrons. The number of ether oxygens (including phenoxy) is 1. The van der Waals surface area contributed by atoms with Gasteiger partial charge in [0, 0.05) is 6.54 Å². The molecule has 0 fully saturated rings. The van der Waals surface area contributed by atoms with Gasteiger partial charge in [0.15, 0.2) is 0 Å². The Morgan fingerprint density at radius 3 is 2.71 bits per heavy atom. The van der Waals surface area contributed by atoms with E-state index in [2.05, 4.69) is 9.72 Å². The molecule has 0 saturated carbocycles. The highest BCUT2D eigenvalue weighted by Gasteiger charge is 2.09. The topological polar surface area (TPSA) is 44.1 Å². The standard InChI is InChI=1S/C16H13FN2O2/c1-21-16(20)12-4-7-15-14(8-12)18-10-19(15)9-11-2-5-13(17)6-3-11/h2-8,10H,9H2,1H3. The van der Waals surface area contributed by atoms with E-state index in [1.807, 2.05) is 10.6 Å². The molecule has 1 heterocycles. The average molecular weight is 284 g/mol. The molecule has 0 unspecified atom stereocenters. The highest BCUT2D eigenvalue weighted by Crippen LogP contribution is 2.17. The van der Waals surface area contributed by atoms with Crippen molar-refractivity contribution >= 4 is 17.0 Å². The van der Waals surface area contributed by atoms with E-state index in [9.17, 15) is 9.18 Å². The molecule has 0 aliphatic carbocycles. The third kappa shape index (κ3) is 2.63. The number of halogens is 1. The molecule has 0 amide bonds. The van der Waals surface area contributed by atoms with Gasteiger partial charge in [-0.1, -0.05) is 12.1 Å². The van der Waals surface area contributed by atoms with Gasteiger partial charge in [0.05, 0.1) is 30.0 Å². The van der Waals surface area contributed by atoms with E-state index in [1.165, 1.54) is 19.2 Å². The van der Waals surface area contributed by atoms with Crippen LogP contribution in [0.5, 0.6) is 0 Å². The lowest BCUT2D eigenvalue weighted by atomic mass is 10.2. The zero-order chi connectivity index (χ0) is 14.8. The number of fused-ring (bicyclic) bond motifs is 1. The normalized spacial score (nSPS) is 10.8. The van der Waals surface area contributed by atoms with Crippen LogP contribution in [-0.4, -0.2) is 22.6 Å². The van der Waals surface area contributed by atoms with Crippen LogP contribution in [0.15, 0.2) is 48.8 Å². The molecular formula is C16H13FN2O2. The molecule has 5 heteroatoms.